The summed E-state index contributed by atoms with van der Waals surface area (Å²) in [6, 6.07) is 14.7. The van der Waals surface area contributed by atoms with Crippen molar-refractivity contribution in [1.29, 1.82) is 5.26 Å². The molecule has 4 rings (SSSR count). The lowest BCUT2D eigenvalue weighted by Gasteiger charge is -2.39. The maximum atomic E-state index is 13.4. The second-order valence-corrected chi connectivity index (χ2v) is 6.98. The van der Waals surface area contributed by atoms with E-state index in [1.165, 1.54) is 24.3 Å². The summed E-state index contributed by atoms with van der Waals surface area (Å²) in [5.41, 5.74) is 4.07. The minimum Gasteiger partial charge on any atom is -0.368 e. The number of halogens is 1. The summed E-state index contributed by atoms with van der Waals surface area (Å²) in [6.07, 6.45) is 0. The molecule has 0 radical (unpaired) electrons. The number of fused-ring (bicyclic) bond motifs is 2. The first-order valence-electron chi connectivity index (χ1n) is 8.48. The minimum absolute atomic E-state index is 0.240. The number of hydrogen-bond acceptors (Lipinski definition) is 4. The molecule has 1 fully saturated rings. The highest BCUT2D eigenvalue weighted by atomic mass is 19.1. The van der Waals surface area contributed by atoms with E-state index in [4.69, 9.17) is 5.73 Å². The molecular formula is C20H17FN4O2. The minimum atomic E-state index is -1.85. The van der Waals surface area contributed by atoms with Crippen LogP contribution in [0.25, 0.3) is 0 Å². The van der Waals surface area contributed by atoms with E-state index in [1.54, 1.807) is 36.2 Å². The van der Waals surface area contributed by atoms with Crippen LogP contribution >= 0.6 is 0 Å². The Balaban J connectivity index is 2.03. The van der Waals surface area contributed by atoms with Crippen LogP contribution in [0, 0.1) is 22.6 Å². The highest BCUT2D eigenvalue weighted by molar-refractivity contribution is 6.11. The Morgan fingerprint density at radius 1 is 1.30 bits per heavy atom. The first kappa shape index (κ1) is 17.2. The van der Waals surface area contributed by atoms with E-state index in [9.17, 15) is 19.2 Å². The molecule has 3 N–H and O–H groups in total. The number of carbonyl (C=O) groups is 2. The average Bonchev–Trinajstić information content (AvgIpc) is 3.10. The fraction of sp³-hybridized carbons (Fsp3) is 0.250. The summed E-state index contributed by atoms with van der Waals surface area (Å²) < 4.78 is 13.4. The Hall–Kier alpha value is -3.24. The molecule has 0 bridgehead atoms. The molecule has 2 aromatic carbocycles. The van der Waals surface area contributed by atoms with E-state index in [0.717, 1.165) is 0 Å². The number of benzene rings is 2. The Morgan fingerprint density at radius 3 is 2.59 bits per heavy atom. The zero-order chi connectivity index (χ0) is 19.4. The van der Waals surface area contributed by atoms with Crippen LogP contribution in [0.15, 0.2) is 48.5 Å². The van der Waals surface area contributed by atoms with Crippen LogP contribution in [0.3, 0.4) is 0 Å². The van der Waals surface area contributed by atoms with Gasteiger partial charge in [0.05, 0.1) is 6.07 Å². The molecule has 2 aliphatic rings. The Bertz CT molecular complexity index is 1000. The van der Waals surface area contributed by atoms with Gasteiger partial charge in [-0.2, -0.15) is 5.26 Å². The fourth-order valence-electron chi connectivity index (χ4n) is 4.73. The number of para-hydroxylation sites is 1. The zero-order valence-corrected chi connectivity index (χ0v) is 14.6. The highest BCUT2D eigenvalue weighted by Gasteiger charge is 2.74. The monoisotopic (exact) mass is 364 g/mol. The van der Waals surface area contributed by atoms with E-state index >= 15 is 0 Å². The van der Waals surface area contributed by atoms with Crippen molar-refractivity contribution >= 4 is 17.5 Å². The molecule has 2 aromatic rings. The van der Waals surface area contributed by atoms with E-state index < -0.39 is 34.5 Å². The first-order valence-corrected chi connectivity index (χ1v) is 8.48. The number of primary amides is 1. The van der Waals surface area contributed by atoms with Crippen molar-refractivity contribution in [2.24, 2.45) is 11.1 Å². The number of nitrogens with zero attached hydrogens (tertiary/aromatic N) is 2. The largest absolute Gasteiger partial charge is 0.368 e. The van der Waals surface area contributed by atoms with Crippen molar-refractivity contribution < 1.29 is 14.0 Å². The first-order chi connectivity index (χ1) is 12.9. The van der Waals surface area contributed by atoms with Crippen molar-refractivity contribution in [2.75, 3.05) is 18.9 Å². The quantitative estimate of drug-likeness (QED) is 0.847. The molecule has 1 saturated heterocycles. The molecule has 0 aliphatic carbocycles. The SMILES string of the molecule is CN1CC(c2ccc(F)cc2)C(C#N)(C(N)=O)C12C(=O)Nc1ccccc12. The second-order valence-electron chi connectivity index (χ2n) is 6.98. The Labute approximate surface area is 155 Å². The van der Waals surface area contributed by atoms with Crippen LogP contribution in [0.5, 0.6) is 0 Å². The summed E-state index contributed by atoms with van der Waals surface area (Å²) in [6.45, 7) is 0.240. The molecule has 2 aliphatic heterocycles. The van der Waals surface area contributed by atoms with Gasteiger partial charge in [-0.15, -0.1) is 0 Å². The van der Waals surface area contributed by atoms with E-state index in [-0.39, 0.29) is 6.54 Å². The number of nitriles is 1. The molecule has 7 heteroatoms. The zero-order valence-electron chi connectivity index (χ0n) is 14.6. The Kier molecular flexibility index (Phi) is 3.58. The number of amides is 2. The van der Waals surface area contributed by atoms with Gasteiger partial charge in [-0.05, 0) is 30.8 Å². The maximum Gasteiger partial charge on any atom is 0.251 e. The van der Waals surface area contributed by atoms with E-state index in [0.29, 0.717) is 16.8 Å². The number of likely N-dealkylation sites (N-methyl/N-ethyl adjacent to an activating group) is 1. The lowest BCUT2D eigenvalue weighted by atomic mass is 9.61. The molecule has 1 spiro atoms. The molecule has 3 atom stereocenters. The lowest BCUT2D eigenvalue weighted by molar-refractivity contribution is -0.140. The van der Waals surface area contributed by atoms with Crippen LogP contribution in [-0.2, 0) is 15.1 Å². The third-order valence-electron chi connectivity index (χ3n) is 5.85. The molecule has 2 amide bonds. The summed E-state index contributed by atoms with van der Waals surface area (Å²) >= 11 is 0. The van der Waals surface area contributed by atoms with Crippen molar-refractivity contribution in [3.8, 4) is 6.07 Å². The molecule has 136 valence electrons. The molecule has 3 unspecified atom stereocenters. The number of carbonyl (C=O) groups excluding carboxylic acids is 2. The van der Waals surface area contributed by atoms with Crippen LogP contribution < -0.4 is 11.1 Å². The van der Waals surface area contributed by atoms with Crippen molar-refractivity contribution in [1.82, 2.24) is 4.90 Å². The number of hydrogen-bond donors (Lipinski definition) is 2. The average molecular weight is 364 g/mol. The topological polar surface area (TPSA) is 99.2 Å². The number of nitrogens with one attached hydrogen (secondary N) is 1. The van der Waals surface area contributed by atoms with Crippen molar-refractivity contribution in [2.45, 2.75) is 11.5 Å². The van der Waals surface area contributed by atoms with Gasteiger partial charge in [-0.1, -0.05) is 30.3 Å². The maximum absolute atomic E-state index is 13.4. The van der Waals surface area contributed by atoms with Crippen molar-refractivity contribution in [3.05, 3.63) is 65.5 Å². The third kappa shape index (κ3) is 1.90. The smallest absolute Gasteiger partial charge is 0.251 e. The van der Waals surface area contributed by atoms with Gasteiger partial charge in [0, 0.05) is 23.7 Å². The molecular weight excluding hydrogens is 347 g/mol. The van der Waals surface area contributed by atoms with E-state index in [1.807, 2.05) is 0 Å². The van der Waals surface area contributed by atoms with E-state index in [2.05, 4.69) is 11.4 Å². The predicted octanol–water partition coefficient (Wildman–Crippen LogP) is 1.70. The number of likely N-dealkylation sites (tertiary alicyclic amines) is 1. The van der Waals surface area contributed by atoms with Gasteiger partial charge < -0.3 is 11.1 Å². The summed E-state index contributed by atoms with van der Waals surface area (Å²) in [5.74, 6) is -2.46. The van der Waals surface area contributed by atoms with Gasteiger partial charge in [0.2, 0.25) is 5.91 Å². The molecule has 0 aromatic heterocycles. The fourth-order valence-corrected chi connectivity index (χ4v) is 4.73. The van der Waals surface area contributed by atoms with Gasteiger partial charge in [0.25, 0.3) is 5.91 Å². The highest BCUT2D eigenvalue weighted by Crippen LogP contribution is 2.61. The summed E-state index contributed by atoms with van der Waals surface area (Å²) in [5, 5.41) is 13.0. The van der Waals surface area contributed by atoms with Gasteiger partial charge in [-0.3, -0.25) is 14.5 Å². The van der Waals surface area contributed by atoms with Crippen molar-refractivity contribution in [3.63, 3.8) is 0 Å². The second kappa shape index (κ2) is 5.63. The van der Waals surface area contributed by atoms with Crippen LogP contribution in [0.1, 0.15) is 17.0 Å². The van der Waals surface area contributed by atoms with Gasteiger partial charge in [0.1, 0.15) is 5.82 Å². The van der Waals surface area contributed by atoms with Gasteiger partial charge in [-0.25, -0.2) is 4.39 Å². The Morgan fingerprint density at radius 2 is 1.96 bits per heavy atom. The summed E-state index contributed by atoms with van der Waals surface area (Å²) in [4.78, 5) is 27.7. The normalized spacial score (nSPS) is 29.4. The van der Waals surface area contributed by atoms with Gasteiger partial charge >= 0.3 is 0 Å². The molecule has 6 nitrogen and oxygen atoms in total. The van der Waals surface area contributed by atoms with Crippen LogP contribution in [0.2, 0.25) is 0 Å². The number of nitrogens with two attached hydrogens (primary N) is 1. The summed E-state index contributed by atoms with van der Waals surface area (Å²) in [7, 11) is 1.69. The molecule has 2 heterocycles. The molecule has 27 heavy (non-hydrogen) atoms. The van der Waals surface area contributed by atoms with Crippen LogP contribution in [0.4, 0.5) is 10.1 Å². The standard InChI is InChI=1S/C20H17FN4O2/c1-25-10-15(12-6-8-13(21)9-7-12)19(11-22,17(23)26)20(25)14-4-2-3-5-16(14)24-18(20)27/h2-9,15H,10H2,1H3,(H2,23,26)(H,24,27). The van der Waals surface area contributed by atoms with Gasteiger partial charge in [0.15, 0.2) is 11.0 Å². The predicted molar refractivity (Wildman–Crippen MR) is 95.8 cm³/mol. The number of anilines is 1. The number of rotatable bonds is 2. The lowest BCUT2D eigenvalue weighted by Crippen LogP contribution is -2.60. The third-order valence-corrected chi connectivity index (χ3v) is 5.85. The van der Waals surface area contributed by atoms with Crippen LogP contribution in [-0.4, -0.2) is 30.3 Å². The molecule has 0 saturated carbocycles.